The molecule has 112 valence electrons. The lowest BCUT2D eigenvalue weighted by atomic mass is 10.2. The second-order valence-corrected chi connectivity index (χ2v) is 6.34. The highest BCUT2D eigenvalue weighted by molar-refractivity contribution is 8.00. The Morgan fingerprint density at radius 3 is 2.70 bits per heavy atom. The summed E-state index contributed by atoms with van der Waals surface area (Å²) in [7, 11) is 0. The summed E-state index contributed by atoms with van der Waals surface area (Å²) in [4.78, 5) is 12.6. The van der Waals surface area contributed by atoms with E-state index in [9.17, 15) is 9.18 Å². The largest absolute Gasteiger partial charge is 0.462 e. The number of anilines is 1. The summed E-state index contributed by atoms with van der Waals surface area (Å²) in [5, 5.41) is -0.120. The quantitative estimate of drug-likeness (QED) is 0.483. The first-order valence-corrected chi connectivity index (χ1v) is 7.72. The normalized spacial score (nSPS) is 12.5. The molecule has 0 aliphatic carbocycles. The molecule has 0 aliphatic rings. The van der Waals surface area contributed by atoms with Gasteiger partial charge in [-0.1, -0.05) is 24.9 Å². The molecule has 0 radical (unpaired) electrons. The summed E-state index contributed by atoms with van der Waals surface area (Å²) in [6.07, 6.45) is 1.32. The fourth-order valence-corrected chi connectivity index (χ4v) is 3.05. The smallest absolute Gasteiger partial charge is 0.319 e. The van der Waals surface area contributed by atoms with E-state index >= 15 is 0 Å². The van der Waals surface area contributed by atoms with E-state index in [2.05, 4.69) is 0 Å². The number of halogens is 2. The van der Waals surface area contributed by atoms with Crippen molar-refractivity contribution in [1.82, 2.24) is 0 Å². The first-order valence-electron chi connectivity index (χ1n) is 6.46. The van der Waals surface area contributed by atoms with Crippen molar-refractivity contribution in [1.29, 1.82) is 0 Å². The second-order valence-electron chi connectivity index (χ2n) is 4.68. The van der Waals surface area contributed by atoms with Crippen LogP contribution in [0, 0.1) is 5.82 Å². The molecule has 1 atom stereocenters. The summed E-state index contributed by atoms with van der Waals surface area (Å²) < 4.78 is 18.5. The first kappa shape index (κ1) is 17.1. The van der Waals surface area contributed by atoms with Crippen LogP contribution >= 0.6 is 23.4 Å². The van der Waals surface area contributed by atoms with Gasteiger partial charge in [0.1, 0.15) is 11.1 Å². The monoisotopic (exact) mass is 319 g/mol. The van der Waals surface area contributed by atoms with Crippen LogP contribution in [0.1, 0.15) is 33.6 Å². The topological polar surface area (TPSA) is 52.3 Å². The van der Waals surface area contributed by atoms with Gasteiger partial charge in [-0.2, -0.15) is 0 Å². The number of nitrogens with two attached hydrogens (primary N) is 1. The number of carbonyl (C=O) groups is 1. The summed E-state index contributed by atoms with van der Waals surface area (Å²) >= 11 is 7.25. The molecule has 0 saturated carbocycles. The number of hydrogen-bond donors (Lipinski definition) is 1. The van der Waals surface area contributed by atoms with E-state index in [0.717, 1.165) is 12.5 Å². The van der Waals surface area contributed by atoms with Gasteiger partial charge in [-0.25, -0.2) is 4.39 Å². The molecule has 0 aromatic heterocycles. The van der Waals surface area contributed by atoms with Gasteiger partial charge in [0.25, 0.3) is 0 Å². The SMILES string of the molecule is CCCC(Sc1cc(N)c(F)cc1Cl)C(=O)OC(C)C. The van der Waals surface area contributed by atoms with Crippen molar-refractivity contribution in [3.8, 4) is 0 Å². The number of hydrogen-bond acceptors (Lipinski definition) is 4. The van der Waals surface area contributed by atoms with Crippen molar-refractivity contribution in [2.45, 2.75) is 49.9 Å². The van der Waals surface area contributed by atoms with E-state index in [0.29, 0.717) is 11.3 Å². The Kier molecular flexibility index (Phi) is 6.62. The number of rotatable bonds is 6. The molecule has 0 aliphatic heterocycles. The van der Waals surface area contributed by atoms with Gasteiger partial charge in [-0.3, -0.25) is 4.79 Å². The molecule has 20 heavy (non-hydrogen) atoms. The van der Waals surface area contributed by atoms with Crippen LogP contribution in [0.4, 0.5) is 10.1 Å². The fourth-order valence-electron chi connectivity index (χ4n) is 1.58. The van der Waals surface area contributed by atoms with Gasteiger partial charge < -0.3 is 10.5 Å². The molecule has 1 aromatic carbocycles. The zero-order valence-corrected chi connectivity index (χ0v) is 13.4. The highest BCUT2D eigenvalue weighted by Gasteiger charge is 2.23. The van der Waals surface area contributed by atoms with Crippen molar-refractivity contribution < 1.29 is 13.9 Å². The van der Waals surface area contributed by atoms with Crippen LogP contribution in [0.2, 0.25) is 5.02 Å². The zero-order chi connectivity index (χ0) is 15.3. The second kappa shape index (κ2) is 7.74. The molecule has 1 rings (SSSR count). The van der Waals surface area contributed by atoms with E-state index in [4.69, 9.17) is 22.1 Å². The van der Waals surface area contributed by atoms with Crippen molar-refractivity contribution in [2.24, 2.45) is 0 Å². The molecule has 0 bridgehead atoms. The number of thioether (sulfide) groups is 1. The highest BCUT2D eigenvalue weighted by Crippen LogP contribution is 2.35. The van der Waals surface area contributed by atoms with E-state index in [1.807, 2.05) is 6.92 Å². The Balaban J connectivity index is 2.90. The molecule has 0 spiro atoms. The van der Waals surface area contributed by atoms with Crippen LogP contribution in [-0.2, 0) is 9.53 Å². The minimum atomic E-state index is -0.559. The number of benzene rings is 1. The van der Waals surface area contributed by atoms with E-state index in [1.54, 1.807) is 13.8 Å². The van der Waals surface area contributed by atoms with Gasteiger partial charge in [0.15, 0.2) is 0 Å². The van der Waals surface area contributed by atoms with Crippen LogP contribution < -0.4 is 5.73 Å². The molecule has 1 unspecified atom stereocenters. The standard InChI is InChI=1S/C14H19ClFNO2S/c1-4-5-12(14(18)19-8(2)3)20-13-7-11(17)10(16)6-9(13)15/h6-8,12H,4-5,17H2,1-3H3. The Morgan fingerprint density at radius 2 is 2.15 bits per heavy atom. The Labute approximate surface area is 128 Å². The average Bonchev–Trinajstić information content (AvgIpc) is 2.34. The third-order valence-electron chi connectivity index (χ3n) is 2.49. The van der Waals surface area contributed by atoms with Crippen molar-refractivity contribution >= 4 is 35.0 Å². The predicted molar refractivity (Wildman–Crippen MR) is 81.6 cm³/mol. The van der Waals surface area contributed by atoms with E-state index in [-0.39, 0.29) is 28.0 Å². The molecule has 3 nitrogen and oxygen atoms in total. The molecular weight excluding hydrogens is 301 g/mol. The fraction of sp³-hybridized carbons (Fsp3) is 0.500. The third-order valence-corrected chi connectivity index (χ3v) is 4.22. The summed E-state index contributed by atoms with van der Waals surface area (Å²) in [6, 6.07) is 2.61. The van der Waals surface area contributed by atoms with Crippen LogP contribution in [-0.4, -0.2) is 17.3 Å². The number of esters is 1. The van der Waals surface area contributed by atoms with Crippen LogP contribution in [0.5, 0.6) is 0 Å². The highest BCUT2D eigenvalue weighted by atomic mass is 35.5. The number of carbonyl (C=O) groups excluding carboxylic acids is 1. The lowest BCUT2D eigenvalue weighted by Gasteiger charge is -2.17. The average molecular weight is 320 g/mol. The van der Waals surface area contributed by atoms with E-state index in [1.165, 1.54) is 17.8 Å². The van der Waals surface area contributed by atoms with Gasteiger partial charge >= 0.3 is 5.97 Å². The molecule has 6 heteroatoms. The maximum absolute atomic E-state index is 13.3. The summed E-state index contributed by atoms with van der Waals surface area (Å²) in [5.74, 6) is -0.845. The Hall–Kier alpha value is -0.940. The molecule has 0 heterocycles. The maximum atomic E-state index is 13.3. The Morgan fingerprint density at radius 1 is 1.50 bits per heavy atom. The van der Waals surface area contributed by atoms with Crippen LogP contribution in [0.15, 0.2) is 17.0 Å². The molecule has 1 aromatic rings. The van der Waals surface area contributed by atoms with Crippen LogP contribution in [0.3, 0.4) is 0 Å². The van der Waals surface area contributed by atoms with Gasteiger partial charge in [-0.15, -0.1) is 11.8 Å². The maximum Gasteiger partial charge on any atom is 0.319 e. The first-order chi connectivity index (χ1) is 9.35. The third kappa shape index (κ3) is 4.87. The number of ether oxygens (including phenoxy) is 1. The molecule has 0 fully saturated rings. The predicted octanol–water partition coefficient (Wildman–Crippen LogP) is 4.27. The lowest BCUT2D eigenvalue weighted by Crippen LogP contribution is -2.23. The van der Waals surface area contributed by atoms with Crippen molar-refractivity contribution in [3.05, 3.63) is 23.0 Å². The number of nitrogen functional groups attached to an aromatic ring is 1. The van der Waals surface area contributed by atoms with Gasteiger partial charge in [-0.05, 0) is 32.4 Å². The molecular formula is C14H19ClFNO2S. The minimum Gasteiger partial charge on any atom is -0.462 e. The molecule has 2 N–H and O–H groups in total. The van der Waals surface area contributed by atoms with Crippen LogP contribution in [0.25, 0.3) is 0 Å². The van der Waals surface area contributed by atoms with Crippen molar-refractivity contribution in [3.63, 3.8) is 0 Å². The molecule has 0 saturated heterocycles. The van der Waals surface area contributed by atoms with Gasteiger partial charge in [0.2, 0.25) is 0 Å². The van der Waals surface area contributed by atoms with E-state index < -0.39 is 5.82 Å². The van der Waals surface area contributed by atoms with Gasteiger partial charge in [0, 0.05) is 4.90 Å². The lowest BCUT2D eigenvalue weighted by molar-refractivity contribution is -0.146. The minimum absolute atomic E-state index is 0.0179. The zero-order valence-electron chi connectivity index (χ0n) is 11.8. The summed E-state index contributed by atoms with van der Waals surface area (Å²) in [6.45, 7) is 5.58. The Bertz CT molecular complexity index is 482. The molecule has 0 amide bonds. The van der Waals surface area contributed by atoms with Gasteiger partial charge in [0.05, 0.1) is 16.8 Å². The van der Waals surface area contributed by atoms with Crippen molar-refractivity contribution in [2.75, 3.05) is 5.73 Å². The summed E-state index contributed by atoms with van der Waals surface area (Å²) in [5.41, 5.74) is 5.55.